The molecule has 4 nitrogen and oxygen atoms in total. The molecule has 0 radical (unpaired) electrons. The average molecular weight is 871 g/mol. The molecular weight excluding hydrogens is 825 g/mol. The molecule has 0 spiro atoms. The third-order valence-electron chi connectivity index (χ3n) is 14.8. The summed E-state index contributed by atoms with van der Waals surface area (Å²) < 4.78 is 0. The lowest BCUT2D eigenvalue weighted by Crippen LogP contribution is -2.18. The molecule has 2 aliphatic rings. The molecule has 0 amide bonds. The molecule has 0 fully saturated rings. The van der Waals surface area contributed by atoms with Crippen LogP contribution in [0.15, 0.2) is 207 Å². The number of nitrogens with zero attached hydrogens (tertiary/aromatic N) is 4. The minimum Gasteiger partial charge on any atom is -0.263 e. The van der Waals surface area contributed by atoms with Crippen molar-refractivity contribution in [3.63, 3.8) is 0 Å². The smallest absolute Gasteiger partial charge is 0.0900 e. The zero-order valence-corrected chi connectivity index (χ0v) is 38.4. The maximum Gasteiger partial charge on any atom is 0.0900 e. The maximum absolute atomic E-state index is 4.98. The van der Waals surface area contributed by atoms with E-state index in [0.29, 0.717) is 0 Å². The van der Waals surface area contributed by atoms with Crippen molar-refractivity contribution in [1.82, 2.24) is 19.9 Å². The maximum atomic E-state index is 4.98. The summed E-state index contributed by atoms with van der Waals surface area (Å²) in [6.07, 6.45) is 7.60. The molecule has 322 valence electrons. The number of hydrogen-bond donors (Lipinski definition) is 0. The molecule has 0 bridgehead atoms. The van der Waals surface area contributed by atoms with Gasteiger partial charge in [0.1, 0.15) is 0 Å². The van der Waals surface area contributed by atoms with Crippen molar-refractivity contribution in [2.75, 3.05) is 0 Å². The Bertz CT molecular complexity index is 3770. The lowest BCUT2D eigenvalue weighted by molar-refractivity contribution is 0.661. The predicted octanol–water partition coefficient (Wildman–Crippen LogP) is 16.2. The number of fused-ring (bicyclic) bond motifs is 10. The van der Waals surface area contributed by atoms with Crippen LogP contribution in [-0.2, 0) is 10.8 Å². The highest BCUT2D eigenvalue weighted by Crippen LogP contribution is 2.57. The van der Waals surface area contributed by atoms with Gasteiger partial charge in [0.05, 0.1) is 22.8 Å². The number of aromatic nitrogens is 4. The Kier molecular flexibility index (Phi) is 8.88. The highest BCUT2D eigenvalue weighted by atomic mass is 14.8. The molecular formula is C64H46N4. The largest absolute Gasteiger partial charge is 0.263 e. The van der Waals surface area contributed by atoms with Crippen molar-refractivity contribution in [2.24, 2.45) is 0 Å². The van der Waals surface area contributed by atoms with Gasteiger partial charge in [-0.25, -0.2) is 4.98 Å². The number of benzene rings is 7. The minimum absolute atomic E-state index is 0.205. The zero-order valence-electron chi connectivity index (χ0n) is 38.4. The quantitative estimate of drug-likeness (QED) is 0.167. The molecule has 0 N–H and O–H groups in total. The minimum atomic E-state index is -0.207. The molecule has 0 aliphatic heterocycles. The van der Waals surface area contributed by atoms with Crippen molar-refractivity contribution >= 4 is 21.5 Å². The number of pyridine rings is 4. The molecule has 4 heterocycles. The van der Waals surface area contributed by atoms with Crippen LogP contribution in [0.1, 0.15) is 49.9 Å². The van der Waals surface area contributed by atoms with E-state index in [1.165, 1.54) is 88.3 Å². The van der Waals surface area contributed by atoms with Crippen LogP contribution >= 0.6 is 0 Å². The summed E-state index contributed by atoms with van der Waals surface area (Å²) in [5, 5.41) is 5.16. The molecule has 4 aromatic heterocycles. The van der Waals surface area contributed by atoms with E-state index < -0.39 is 0 Å². The second kappa shape index (κ2) is 15.1. The molecule has 13 rings (SSSR count). The fourth-order valence-corrected chi connectivity index (χ4v) is 11.4. The highest BCUT2D eigenvalue weighted by molar-refractivity contribution is 6.04. The van der Waals surface area contributed by atoms with E-state index in [4.69, 9.17) is 9.97 Å². The molecule has 0 unspecified atom stereocenters. The van der Waals surface area contributed by atoms with Gasteiger partial charge >= 0.3 is 0 Å². The van der Waals surface area contributed by atoms with Gasteiger partial charge in [0.15, 0.2) is 0 Å². The number of rotatable bonds is 6. The fraction of sp³-hybridized carbons (Fsp3) is 0.0938. The lowest BCUT2D eigenvalue weighted by atomic mass is 9.76. The Balaban J connectivity index is 0.825. The van der Waals surface area contributed by atoms with Crippen LogP contribution in [-0.4, -0.2) is 19.9 Å². The first-order valence-corrected chi connectivity index (χ1v) is 23.5. The summed E-state index contributed by atoms with van der Waals surface area (Å²) in [4.78, 5) is 19.0. The molecule has 68 heavy (non-hydrogen) atoms. The van der Waals surface area contributed by atoms with Gasteiger partial charge in [-0.1, -0.05) is 149 Å². The monoisotopic (exact) mass is 870 g/mol. The van der Waals surface area contributed by atoms with E-state index in [-0.39, 0.29) is 10.8 Å². The Morgan fingerprint density at radius 3 is 1.32 bits per heavy atom. The first-order chi connectivity index (χ1) is 33.2. The van der Waals surface area contributed by atoms with Crippen molar-refractivity contribution in [1.29, 1.82) is 0 Å². The van der Waals surface area contributed by atoms with Crippen molar-refractivity contribution in [3.8, 4) is 89.5 Å². The molecule has 2 aliphatic carbocycles. The van der Waals surface area contributed by atoms with Crippen LogP contribution in [0.3, 0.4) is 0 Å². The zero-order chi connectivity index (χ0) is 45.7. The predicted molar refractivity (Wildman–Crippen MR) is 280 cm³/mol. The second-order valence-electron chi connectivity index (χ2n) is 19.5. The summed E-state index contributed by atoms with van der Waals surface area (Å²) in [6, 6.07) is 66.2. The summed E-state index contributed by atoms with van der Waals surface area (Å²) >= 11 is 0. The summed E-state index contributed by atoms with van der Waals surface area (Å²) in [5.74, 6) is 0. The Morgan fingerprint density at radius 2 is 0.779 bits per heavy atom. The summed E-state index contributed by atoms with van der Waals surface area (Å²) in [5.41, 5.74) is 22.9. The van der Waals surface area contributed by atoms with Gasteiger partial charge in [-0.2, -0.15) is 0 Å². The summed E-state index contributed by atoms with van der Waals surface area (Å²) in [7, 11) is 0. The third-order valence-corrected chi connectivity index (χ3v) is 14.8. The first-order valence-electron chi connectivity index (χ1n) is 23.5. The SMILES string of the molecule is CC1(C)c2cc(-c3ccc(-c4cc(-c5ccccn5)nc(-c5ccccn5)c4)cc3)ccc2-c2ccc3c4c(ccc3c21)-c1ccc(-c2cncc(-c3ccc5ccccc5c3)c2)cc1C4(C)C. The Morgan fingerprint density at radius 1 is 0.324 bits per heavy atom. The standard InChI is InChI=1S/C64H46N4/c1-63(2)55-33-44(40-15-17-41(18-16-40)46-35-59(57-13-7-9-29-66-57)68-60(36-46)58-14-8-10-30-67-58)21-23-49(55)51-25-27-54-53(61(51)63)28-26-52-50-24-22-45(34-56(50)64(3,4)62(52)54)48-32-47(37-65-38-48)43-20-19-39-11-5-6-12-42(39)31-43/h5-38H,1-4H3. The van der Waals surface area contributed by atoms with Crippen LogP contribution in [0.5, 0.6) is 0 Å². The van der Waals surface area contributed by atoms with Gasteiger partial charge in [-0.3, -0.25) is 15.0 Å². The Hall–Kier alpha value is -8.34. The van der Waals surface area contributed by atoms with Crippen molar-refractivity contribution < 1.29 is 0 Å². The topological polar surface area (TPSA) is 51.6 Å². The van der Waals surface area contributed by atoms with E-state index in [9.17, 15) is 0 Å². The van der Waals surface area contributed by atoms with E-state index in [2.05, 4.69) is 183 Å². The molecule has 0 saturated carbocycles. The van der Waals surface area contributed by atoms with E-state index in [0.717, 1.165) is 45.0 Å². The van der Waals surface area contributed by atoms with Crippen LogP contribution in [0, 0.1) is 0 Å². The Labute approximate surface area is 396 Å². The average Bonchev–Trinajstić information content (AvgIpc) is 3.77. The van der Waals surface area contributed by atoms with Crippen molar-refractivity contribution in [2.45, 2.75) is 38.5 Å². The van der Waals surface area contributed by atoms with E-state index in [1.807, 2.05) is 61.2 Å². The van der Waals surface area contributed by atoms with Crippen LogP contribution in [0.4, 0.5) is 0 Å². The molecule has 4 heteroatoms. The fourth-order valence-electron chi connectivity index (χ4n) is 11.4. The van der Waals surface area contributed by atoms with E-state index >= 15 is 0 Å². The van der Waals surface area contributed by atoms with Gasteiger partial charge in [0.25, 0.3) is 0 Å². The number of hydrogen-bond acceptors (Lipinski definition) is 4. The first kappa shape index (κ1) is 40.0. The van der Waals surface area contributed by atoms with Gasteiger partial charge in [-0.05, 0) is 160 Å². The van der Waals surface area contributed by atoms with Crippen LogP contribution in [0.25, 0.3) is 111 Å². The molecule has 7 aromatic carbocycles. The van der Waals surface area contributed by atoms with Crippen LogP contribution in [0.2, 0.25) is 0 Å². The normalized spacial score (nSPS) is 13.8. The highest BCUT2D eigenvalue weighted by Gasteiger charge is 2.41. The molecule has 0 atom stereocenters. The summed E-state index contributed by atoms with van der Waals surface area (Å²) in [6.45, 7) is 9.63. The molecule has 0 saturated heterocycles. The van der Waals surface area contributed by atoms with E-state index in [1.54, 1.807) is 0 Å². The van der Waals surface area contributed by atoms with Gasteiger partial charge in [0.2, 0.25) is 0 Å². The van der Waals surface area contributed by atoms with Gasteiger partial charge < -0.3 is 0 Å². The molecule has 11 aromatic rings. The van der Waals surface area contributed by atoms with Gasteiger partial charge in [0, 0.05) is 46.7 Å². The second-order valence-corrected chi connectivity index (χ2v) is 19.5. The lowest BCUT2D eigenvalue weighted by Gasteiger charge is -2.27. The third kappa shape index (κ3) is 6.28. The van der Waals surface area contributed by atoms with Gasteiger partial charge in [-0.15, -0.1) is 0 Å². The van der Waals surface area contributed by atoms with Crippen molar-refractivity contribution in [3.05, 3.63) is 229 Å². The van der Waals surface area contributed by atoms with Crippen LogP contribution < -0.4 is 0 Å².